The van der Waals surface area contributed by atoms with Crippen LogP contribution in [0.5, 0.6) is 0 Å². The van der Waals surface area contributed by atoms with Gasteiger partial charge in [-0.2, -0.15) is 0 Å². The molecule has 0 aliphatic carbocycles. The molecule has 30 heavy (non-hydrogen) atoms. The highest BCUT2D eigenvalue weighted by molar-refractivity contribution is 6.30. The standard InChI is InChI=1S/C23H24ClN3O3/c1-2-21(28)26-10-9-16-11-19(7-8-20(16)26)27-14-17(12-22(27)29)23(30)25-13-15-3-5-18(24)6-4-15/h3-8,11,17H,2,9-10,12-14H2,1H3,(H,25,30). The molecule has 0 aromatic heterocycles. The van der Waals surface area contributed by atoms with Crippen LogP contribution in [0.1, 0.15) is 30.9 Å². The van der Waals surface area contributed by atoms with Crippen LogP contribution in [0.3, 0.4) is 0 Å². The lowest BCUT2D eigenvalue weighted by molar-refractivity contribution is -0.126. The summed E-state index contributed by atoms with van der Waals surface area (Å²) in [6.45, 7) is 3.30. The molecule has 1 unspecified atom stereocenters. The van der Waals surface area contributed by atoms with Crippen LogP contribution in [-0.2, 0) is 27.3 Å². The quantitative estimate of drug-likeness (QED) is 0.799. The maximum Gasteiger partial charge on any atom is 0.227 e. The van der Waals surface area contributed by atoms with Gasteiger partial charge in [-0.3, -0.25) is 14.4 Å². The highest BCUT2D eigenvalue weighted by Crippen LogP contribution is 2.34. The number of nitrogens with one attached hydrogen (secondary N) is 1. The Morgan fingerprint density at radius 3 is 2.67 bits per heavy atom. The fourth-order valence-electron chi connectivity index (χ4n) is 4.07. The molecular weight excluding hydrogens is 402 g/mol. The van der Waals surface area contributed by atoms with E-state index in [1.165, 1.54) is 0 Å². The Bertz CT molecular complexity index is 990. The summed E-state index contributed by atoms with van der Waals surface area (Å²) in [5.41, 5.74) is 3.74. The zero-order valence-electron chi connectivity index (χ0n) is 16.9. The number of nitrogens with zero attached hydrogens (tertiary/aromatic N) is 2. The maximum absolute atomic E-state index is 12.6. The van der Waals surface area contributed by atoms with E-state index in [9.17, 15) is 14.4 Å². The van der Waals surface area contributed by atoms with Gasteiger partial charge in [0.05, 0.1) is 5.92 Å². The third-order valence-electron chi connectivity index (χ3n) is 5.75. The average Bonchev–Trinajstić information content (AvgIpc) is 3.35. The van der Waals surface area contributed by atoms with Crippen LogP contribution in [0.25, 0.3) is 0 Å². The van der Waals surface area contributed by atoms with Crippen LogP contribution in [0.2, 0.25) is 5.02 Å². The fraction of sp³-hybridized carbons (Fsp3) is 0.348. The molecule has 0 bridgehead atoms. The fourth-order valence-corrected chi connectivity index (χ4v) is 4.20. The Balaban J connectivity index is 1.40. The molecule has 2 heterocycles. The van der Waals surface area contributed by atoms with Crippen LogP contribution < -0.4 is 15.1 Å². The first-order valence-corrected chi connectivity index (χ1v) is 10.6. The number of halogens is 1. The first-order valence-electron chi connectivity index (χ1n) is 10.2. The van der Waals surface area contributed by atoms with Gasteiger partial charge in [0, 0.05) is 48.9 Å². The topological polar surface area (TPSA) is 69.7 Å². The molecule has 1 atom stereocenters. The third-order valence-corrected chi connectivity index (χ3v) is 6.00. The van der Waals surface area contributed by atoms with E-state index in [0.717, 1.165) is 28.9 Å². The lowest BCUT2D eigenvalue weighted by Crippen LogP contribution is -2.32. The molecule has 4 rings (SSSR count). The van der Waals surface area contributed by atoms with E-state index in [1.807, 2.05) is 37.3 Å². The van der Waals surface area contributed by atoms with E-state index in [2.05, 4.69) is 5.32 Å². The Kier molecular flexibility index (Phi) is 5.77. The van der Waals surface area contributed by atoms with Gasteiger partial charge >= 0.3 is 0 Å². The molecule has 0 radical (unpaired) electrons. The zero-order valence-corrected chi connectivity index (χ0v) is 17.6. The summed E-state index contributed by atoms with van der Waals surface area (Å²) in [6.07, 6.45) is 1.45. The minimum absolute atomic E-state index is 0.0546. The first kappa shape index (κ1) is 20.4. The summed E-state index contributed by atoms with van der Waals surface area (Å²) in [4.78, 5) is 40.7. The van der Waals surface area contributed by atoms with Crippen LogP contribution >= 0.6 is 11.6 Å². The van der Waals surface area contributed by atoms with E-state index in [1.54, 1.807) is 21.9 Å². The lowest BCUT2D eigenvalue weighted by Gasteiger charge is -2.20. The van der Waals surface area contributed by atoms with Crippen molar-refractivity contribution in [2.45, 2.75) is 32.7 Å². The highest BCUT2D eigenvalue weighted by Gasteiger charge is 2.35. The van der Waals surface area contributed by atoms with E-state index in [0.29, 0.717) is 31.1 Å². The Morgan fingerprint density at radius 1 is 1.17 bits per heavy atom. The third kappa shape index (κ3) is 4.05. The summed E-state index contributed by atoms with van der Waals surface area (Å²) < 4.78 is 0. The van der Waals surface area contributed by atoms with Crippen LogP contribution in [0, 0.1) is 5.92 Å². The van der Waals surface area contributed by atoms with Crippen molar-refractivity contribution in [3.63, 3.8) is 0 Å². The predicted molar refractivity (Wildman–Crippen MR) is 117 cm³/mol. The SMILES string of the molecule is CCC(=O)N1CCc2cc(N3CC(C(=O)NCc4ccc(Cl)cc4)CC3=O)ccc21. The Morgan fingerprint density at radius 2 is 1.93 bits per heavy atom. The average molecular weight is 426 g/mol. The number of benzene rings is 2. The molecule has 2 aliphatic rings. The van der Waals surface area contributed by atoms with Crippen molar-refractivity contribution in [2.75, 3.05) is 22.9 Å². The van der Waals surface area contributed by atoms with E-state index < -0.39 is 0 Å². The first-order chi connectivity index (χ1) is 14.5. The van der Waals surface area contributed by atoms with Gasteiger partial charge in [-0.1, -0.05) is 30.7 Å². The smallest absolute Gasteiger partial charge is 0.227 e. The van der Waals surface area contributed by atoms with Crippen molar-refractivity contribution >= 4 is 40.7 Å². The largest absolute Gasteiger partial charge is 0.352 e. The van der Waals surface area contributed by atoms with Crippen molar-refractivity contribution in [1.29, 1.82) is 0 Å². The van der Waals surface area contributed by atoms with Gasteiger partial charge in [0.15, 0.2) is 0 Å². The summed E-state index contributed by atoms with van der Waals surface area (Å²) in [5.74, 6) is -0.449. The molecule has 1 saturated heterocycles. The van der Waals surface area contributed by atoms with E-state index in [-0.39, 0.29) is 30.1 Å². The molecule has 7 heteroatoms. The predicted octanol–water partition coefficient (Wildman–Crippen LogP) is 3.31. The van der Waals surface area contributed by atoms with Crippen molar-refractivity contribution in [1.82, 2.24) is 5.32 Å². The molecule has 6 nitrogen and oxygen atoms in total. The number of hydrogen-bond acceptors (Lipinski definition) is 3. The van der Waals surface area contributed by atoms with Gasteiger partial charge in [-0.05, 0) is 47.9 Å². The number of fused-ring (bicyclic) bond motifs is 1. The molecule has 1 fully saturated rings. The van der Waals surface area contributed by atoms with Crippen molar-refractivity contribution in [3.8, 4) is 0 Å². The molecule has 0 saturated carbocycles. The minimum atomic E-state index is -0.378. The molecule has 2 aromatic carbocycles. The molecule has 2 aromatic rings. The van der Waals surface area contributed by atoms with Crippen LogP contribution in [-0.4, -0.2) is 30.8 Å². The van der Waals surface area contributed by atoms with Crippen molar-refractivity contribution in [3.05, 3.63) is 58.6 Å². The number of carbonyl (C=O) groups is 3. The van der Waals surface area contributed by atoms with Gasteiger partial charge in [0.25, 0.3) is 0 Å². The highest BCUT2D eigenvalue weighted by atomic mass is 35.5. The number of amides is 3. The second kappa shape index (κ2) is 8.48. The van der Waals surface area contributed by atoms with Gasteiger partial charge in [0.2, 0.25) is 17.7 Å². The lowest BCUT2D eigenvalue weighted by atomic mass is 10.1. The number of rotatable bonds is 5. The van der Waals surface area contributed by atoms with Gasteiger partial charge < -0.3 is 15.1 Å². The van der Waals surface area contributed by atoms with E-state index in [4.69, 9.17) is 11.6 Å². The second-order valence-electron chi connectivity index (χ2n) is 7.71. The second-order valence-corrected chi connectivity index (χ2v) is 8.15. The summed E-state index contributed by atoms with van der Waals surface area (Å²) in [6, 6.07) is 13.1. The molecule has 3 amide bonds. The summed E-state index contributed by atoms with van der Waals surface area (Å²) >= 11 is 5.88. The molecular formula is C23H24ClN3O3. The molecule has 2 aliphatic heterocycles. The summed E-state index contributed by atoms with van der Waals surface area (Å²) in [5, 5.41) is 3.57. The number of carbonyl (C=O) groups excluding carboxylic acids is 3. The minimum Gasteiger partial charge on any atom is -0.352 e. The van der Waals surface area contributed by atoms with Gasteiger partial charge in [-0.15, -0.1) is 0 Å². The molecule has 1 N–H and O–H groups in total. The molecule has 156 valence electrons. The molecule has 0 spiro atoms. The van der Waals surface area contributed by atoms with Gasteiger partial charge in [-0.25, -0.2) is 0 Å². The van der Waals surface area contributed by atoms with Crippen LogP contribution in [0.4, 0.5) is 11.4 Å². The zero-order chi connectivity index (χ0) is 21.3. The van der Waals surface area contributed by atoms with E-state index >= 15 is 0 Å². The van der Waals surface area contributed by atoms with Gasteiger partial charge in [0.1, 0.15) is 0 Å². The Labute approximate surface area is 180 Å². The van der Waals surface area contributed by atoms with Crippen molar-refractivity contribution < 1.29 is 14.4 Å². The normalized spacial score (nSPS) is 17.9. The van der Waals surface area contributed by atoms with Crippen LogP contribution in [0.15, 0.2) is 42.5 Å². The monoisotopic (exact) mass is 425 g/mol. The van der Waals surface area contributed by atoms with Crippen molar-refractivity contribution in [2.24, 2.45) is 5.92 Å². The summed E-state index contributed by atoms with van der Waals surface area (Å²) in [7, 11) is 0. The maximum atomic E-state index is 12.6. The Hall–Kier alpha value is -2.86. The number of anilines is 2. The number of hydrogen-bond donors (Lipinski definition) is 1.